The molecular weight excluding hydrogens is 254 g/mol. The molecule has 1 aromatic carbocycles. The van der Waals surface area contributed by atoms with Crippen LogP contribution in [0.15, 0.2) is 48.7 Å². The van der Waals surface area contributed by atoms with Crippen molar-refractivity contribution in [1.29, 1.82) is 0 Å². The fraction of sp³-hybridized carbons (Fsp3) is 0.200. The number of anilines is 1. The van der Waals surface area contributed by atoms with Crippen molar-refractivity contribution in [1.82, 2.24) is 10.3 Å². The number of benzene rings is 1. The first-order valence-electron chi connectivity index (χ1n) is 6.46. The molecule has 0 aliphatic heterocycles. The molecule has 1 heterocycles. The van der Waals surface area contributed by atoms with E-state index in [1.165, 1.54) is 0 Å². The molecule has 0 saturated heterocycles. The smallest absolute Gasteiger partial charge is 0.323 e. The zero-order valence-corrected chi connectivity index (χ0v) is 11.3. The van der Waals surface area contributed by atoms with Crippen LogP contribution in [0.25, 0.3) is 0 Å². The number of pyridine rings is 1. The first-order valence-corrected chi connectivity index (χ1v) is 6.46. The summed E-state index contributed by atoms with van der Waals surface area (Å²) in [5.41, 5.74) is 1.11. The summed E-state index contributed by atoms with van der Waals surface area (Å²) in [5, 5.41) is 5.23. The molecule has 5 heteroatoms. The Hall–Kier alpha value is -2.56. The molecule has 0 radical (unpaired) electrons. The van der Waals surface area contributed by atoms with Crippen LogP contribution in [0.4, 0.5) is 10.6 Å². The standard InChI is InChI=1S/C15H17N3O2/c1-2-12-7-3-4-8-13(12)20-11-17-15(19)18-14-9-5-6-10-16-14/h3-10H,2,11H2,1H3,(H2,16,17,18,19). The van der Waals surface area contributed by atoms with E-state index < -0.39 is 0 Å². The summed E-state index contributed by atoms with van der Waals surface area (Å²) in [7, 11) is 0. The Labute approximate surface area is 118 Å². The molecule has 0 aliphatic rings. The predicted molar refractivity (Wildman–Crippen MR) is 77.7 cm³/mol. The number of hydrogen-bond acceptors (Lipinski definition) is 3. The lowest BCUT2D eigenvalue weighted by molar-refractivity contribution is 0.234. The normalized spacial score (nSPS) is 9.85. The second kappa shape index (κ2) is 7.13. The van der Waals surface area contributed by atoms with Crippen LogP contribution in [0, 0.1) is 0 Å². The molecule has 104 valence electrons. The van der Waals surface area contributed by atoms with Gasteiger partial charge in [0.2, 0.25) is 0 Å². The highest BCUT2D eigenvalue weighted by Gasteiger charge is 2.03. The molecule has 1 aromatic heterocycles. The summed E-state index contributed by atoms with van der Waals surface area (Å²) in [5.74, 6) is 1.28. The number of carbonyl (C=O) groups excluding carboxylic acids is 1. The SMILES string of the molecule is CCc1ccccc1OCNC(=O)Nc1ccccn1. The zero-order chi connectivity index (χ0) is 14.2. The van der Waals surface area contributed by atoms with Crippen LogP contribution in [0.2, 0.25) is 0 Å². The lowest BCUT2D eigenvalue weighted by Gasteiger charge is -2.11. The molecule has 0 spiro atoms. The Morgan fingerprint density at radius 3 is 2.75 bits per heavy atom. The van der Waals surface area contributed by atoms with Crippen LogP contribution in [0.5, 0.6) is 5.75 Å². The lowest BCUT2D eigenvalue weighted by atomic mass is 10.1. The average molecular weight is 271 g/mol. The molecule has 2 N–H and O–H groups in total. The quantitative estimate of drug-likeness (QED) is 0.822. The van der Waals surface area contributed by atoms with E-state index in [0.717, 1.165) is 17.7 Å². The number of aryl methyl sites for hydroxylation is 1. The van der Waals surface area contributed by atoms with Gasteiger partial charge in [-0.2, -0.15) is 0 Å². The van der Waals surface area contributed by atoms with Crippen LogP contribution in [0.3, 0.4) is 0 Å². The van der Waals surface area contributed by atoms with E-state index in [-0.39, 0.29) is 12.8 Å². The molecule has 0 saturated carbocycles. The predicted octanol–water partition coefficient (Wildman–Crippen LogP) is 2.80. The second-order valence-electron chi connectivity index (χ2n) is 4.10. The van der Waals surface area contributed by atoms with Gasteiger partial charge in [0, 0.05) is 6.20 Å². The molecule has 2 rings (SSSR count). The lowest BCUT2D eigenvalue weighted by Crippen LogP contribution is -2.32. The highest BCUT2D eigenvalue weighted by Crippen LogP contribution is 2.17. The highest BCUT2D eigenvalue weighted by atomic mass is 16.5. The van der Waals surface area contributed by atoms with Crippen molar-refractivity contribution in [2.75, 3.05) is 12.0 Å². The summed E-state index contributed by atoms with van der Waals surface area (Å²) in [4.78, 5) is 15.6. The van der Waals surface area contributed by atoms with Crippen LogP contribution in [-0.4, -0.2) is 17.7 Å². The molecule has 0 atom stereocenters. The number of urea groups is 1. The van der Waals surface area contributed by atoms with E-state index in [4.69, 9.17) is 4.74 Å². The van der Waals surface area contributed by atoms with Crippen LogP contribution >= 0.6 is 0 Å². The van der Waals surface area contributed by atoms with Gasteiger partial charge in [0.25, 0.3) is 0 Å². The van der Waals surface area contributed by atoms with E-state index in [9.17, 15) is 4.79 Å². The minimum Gasteiger partial charge on any atom is -0.473 e. The van der Waals surface area contributed by atoms with Crippen molar-refractivity contribution in [3.63, 3.8) is 0 Å². The molecule has 20 heavy (non-hydrogen) atoms. The van der Waals surface area contributed by atoms with Gasteiger partial charge in [-0.1, -0.05) is 31.2 Å². The Morgan fingerprint density at radius 2 is 2.00 bits per heavy atom. The van der Waals surface area contributed by atoms with Gasteiger partial charge in [-0.3, -0.25) is 5.32 Å². The minimum atomic E-state index is -0.349. The van der Waals surface area contributed by atoms with Crippen LogP contribution < -0.4 is 15.4 Å². The molecule has 2 amide bonds. The maximum absolute atomic E-state index is 11.6. The number of hydrogen-bond donors (Lipinski definition) is 2. The van der Waals surface area contributed by atoms with Crippen LogP contribution in [0.1, 0.15) is 12.5 Å². The number of nitrogens with one attached hydrogen (secondary N) is 2. The number of nitrogens with zero attached hydrogens (tertiary/aromatic N) is 1. The number of amides is 2. The largest absolute Gasteiger partial charge is 0.473 e. The maximum Gasteiger partial charge on any atom is 0.323 e. The van der Waals surface area contributed by atoms with E-state index >= 15 is 0 Å². The number of aromatic nitrogens is 1. The van der Waals surface area contributed by atoms with Crippen molar-refractivity contribution in [3.8, 4) is 5.75 Å². The van der Waals surface area contributed by atoms with Gasteiger partial charge in [-0.15, -0.1) is 0 Å². The van der Waals surface area contributed by atoms with E-state index in [1.807, 2.05) is 24.3 Å². The van der Waals surface area contributed by atoms with Crippen molar-refractivity contribution in [2.24, 2.45) is 0 Å². The summed E-state index contributed by atoms with van der Waals surface area (Å²) < 4.78 is 5.54. The number of rotatable bonds is 5. The third kappa shape index (κ3) is 3.98. The van der Waals surface area contributed by atoms with Crippen molar-refractivity contribution < 1.29 is 9.53 Å². The minimum absolute atomic E-state index is 0.107. The third-order valence-electron chi connectivity index (χ3n) is 2.72. The van der Waals surface area contributed by atoms with E-state index in [1.54, 1.807) is 24.4 Å². The second-order valence-corrected chi connectivity index (χ2v) is 4.10. The van der Waals surface area contributed by atoms with Gasteiger partial charge in [-0.05, 0) is 30.2 Å². The van der Waals surface area contributed by atoms with E-state index in [2.05, 4.69) is 22.5 Å². The van der Waals surface area contributed by atoms with Gasteiger partial charge in [0.1, 0.15) is 11.6 Å². The fourth-order valence-electron chi connectivity index (χ4n) is 1.71. The number of para-hydroxylation sites is 1. The van der Waals surface area contributed by atoms with Crippen molar-refractivity contribution in [3.05, 3.63) is 54.2 Å². The van der Waals surface area contributed by atoms with Crippen LogP contribution in [-0.2, 0) is 6.42 Å². The zero-order valence-electron chi connectivity index (χ0n) is 11.3. The topological polar surface area (TPSA) is 63.2 Å². The summed E-state index contributed by atoms with van der Waals surface area (Å²) >= 11 is 0. The van der Waals surface area contributed by atoms with Gasteiger partial charge < -0.3 is 10.1 Å². The Balaban J connectivity index is 1.79. The third-order valence-corrected chi connectivity index (χ3v) is 2.72. The Bertz CT molecular complexity index is 558. The Morgan fingerprint density at radius 1 is 1.20 bits per heavy atom. The molecule has 2 aromatic rings. The highest BCUT2D eigenvalue weighted by molar-refractivity contribution is 5.87. The molecular formula is C15H17N3O2. The van der Waals surface area contributed by atoms with Gasteiger partial charge in [0.15, 0.2) is 6.73 Å². The number of carbonyl (C=O) groups is 1. The van der Waals surface area contributed by atoms with Gasteiger partial charge in [0.05, 0.1) is 0 Å². The molecule has 5 nitrogen and oxygen atoms in total. The summed E-state index contributed by atoms with van der Waals surface area (Å²) in [6, 6.07) is 12.7. The van der Waals surface area contributed by atoms with E-state index in [0.29, 0.717) is 5.82 Å². The molecule has 0 aliphatic carbocycles. The first kappa shape index (κ1) is 13.9. The van der Waals surface area contributed by atoms with Crippen molar-refractivity contribution >= 4 is 11.8 Å². The maximum atomic E-state index is 11.6. The fourth-order valence-corrected chi connectivity index (χ4v) is 1.71. The average Bonchev–Trinajstić information content (AvgIpc) is 2.49. The monoisotopic (exact) mass is 271 g/mol. The first-order chi connectivity index (χ1) is 9.79. The molecule has 0 bridgehead atoms. The van der Waals surface area contributed by atoms with Crippen molar-refractivity contribution in [2.45, 2.75) is 13.3 Å². The molecule has 0 unspecified atom stereocenters. The Kier molecular flexibility index (Phi) is 4.94. The van der Waals surface area contributed by atoms with Gasteiger partial charge in [-0.25, -0.2) is 9.78 Å². The molecule has 0 fully saturated rings. The summed E-state index contributed by atoms with van der Waals surface area (Å²) in [6.07, 6.45) is 2.50. The summed E-state index contributed by atoms with van der Waals surface area (Å²) in [6.45, 7) is 2.17. The van der Waals surface area contributed by atoms with Gasteiger partial charge >= 0.3 is 6.03 Å². The number of ether oxygens (including phenoxy) is 1.